The van der Waals surface area contributed by atoms with Crippen LogP contribution in [-0.4, -0.2) is 21.1 Å². The van der Waals surface area contributed by atoms with Crippen LogP contribution in [-0.2, 0) is 11.3 Å². The van der Waals surface area contributed by atoms with Gasteiger partial charge in [0.1, 0.15) is 0 Å². The van der Waals surface area contributed by atoms with E-state index in [1.807, 2.05) is 0 Å². The third kappa shape index (κ3) is 3.98. The molecule has 3 rings (SSSR count). The molecule has 0 aliphatic carbocycles. The predicted octanol–water partition coefficient (Wildman–Crippen LogP) is 4.31. The van der Waals surface area contributed by atoms with Gasteiger partial charge in [-0.1, -0.05) is 23.2 Å². The van der Waals surface area contributed by atoms with Crippen molar-refractivity contribution in [3.05, 3.63) is 74.1 Å². The third-order valence-corrected chi connectivity index (χ3v) is 3.83. The Balaban J connectivity index is 1.68. The summed E-state index contributed by atoms with van der Waals surface area (Å²) in [6.45, 7) is -0.262. The molecule has 10 heteroatoms. The lowest BCUT2D eigenvalue weighted by atomic mass is 10.2. The quantitative estimate of drug-likeness (QED) is 0.360. The second-order valence-corrected chi connectivity index (χ2v) is 5.85. The Hall–Kier alpha value is -2.97. The Bertz CT molecular complexity index is 972. The van der Waals surface area contributed by atoms with Crippen molar-refractivity contribution in [2.24, 2.45) is 0 Å². The van der Waals surface area contributed by atoms with Crippen molar-refractivity contribution in [1.82, 2.24) is 10.2 Å². The van der Waals surface area contributed by atoms with Crippen LogP contribution >= 0.6 is 23.2 Å². The first-order valence-electron chi connectivity index (χ1n) is 7.13. The molecule has 26 heavy (non-hydrogen) atoms. The fourth-order valence-electron chi connectivity index (χ4n) is 2.01. The van der Waals surface area contributed by atoms with Gasteiger partial charge in [0.05, 0.1) is 15.5 Å². The maximum absolute atomic E-state index is 12.1. The Morgan fingerprint density at radius 3 is 2.58 bits per heavy atom. The highest BCUT2D eigenvalue weighted by Crippen LogP contribution is 2.23. The van der Waals surface area contributed by atoms with Gasteiger partial charge in [-0.05, 0) is 30.3 Å². The number of nitrogens with zero attached hydrogens (tertiary/aromatic N) is 3. The minimum absolute atomic E-state index is 0.0548. The third-order valence-electron chi connectivity index (χ3n) is 3.27. The van der Waals surface area contributed by atoms with E-state index in [9.17, 15) is 14.9 Å². The van der Waals surface area contributed by atoms with Crippen molar-refractivity contribution in [3.63, 3.8) is 0 Å². The fourth-order valence-corrected chi connectivity index (χ4v) is 2.38. The second-order valence-electron chi connectivity index (χ2n) is 5.01. The lowest BCUT2D eigenvalue weighted by Crippen LogP contribution is -2.06. The molecule has 0 spiro atoms. The van der Waals surface area contributed by atoms with E-state index in [1.54, 1.807) is 6.07 Å². The van der Waals surface area contributed by atoms with Crippen LogP contribution in [0.2, 0.25) is 10.0 Å². The highest BCUT2D eigenvalue weighted by atomic mass is 35.5. The van der Waals surface area contributed by atoms with Crippen molar-refractivity contribution >= 4 is 34.9 Å². The van der Waals surface area contributed by atoms with E-state index >= 15 is 0 Å². The van der Waals surface area contributed by atoms with E-state index in [1.165, 1.54) is 36.4 Å². The van der Waals surface area contributed by atoms with Crippen LogP contribution in [0.5, 0.6) is 0 Å². The van der Waals surface area contributed by atoms with Crippen molar-refractivity contribution in [1.29, 1.82) is 0 Å². The minimum Gasteiger partial charge on any atom is -0.452 e. The van der Waals surface area contributed by atoms with Crippen molar-refractivity contribution in [2.45, 2.75) is 6.61 Å². The molecule has 1 aromatic heterocycles. The van der Waals surface area contributed by atoms with Crippen LogP contribution in [0.3, 0.4) is 0 Å². The van der Waals surface area contributed by atoms with E-state index in [0.717, 1.165) is 0 Å². The van der Waals surface area contributed by atoms with E-state index in [0.29, 0.717) is 10.6 Å². The van der Waals surface area contributed by atoms with E-state index in [2.05, 4.69) is 10.2 Å². The molecule has 0 atom stereocenters. The number of nitro groups is 1. The van der Waals surface area contributed by atoms with Crippen LogP contribution in [0.15, 0.2) is 46.9 Å². The predicted molar refractivity (Wildman–Crippen MR) is 92.0 cm³/mol. The lowest BCUT2D eigenvalue weighted by molar-refractivity contribution is -0.384. The molecule has 1 heterocycles. The minimum atomic E-state index is -0.687. The largest absolute Gasteiger partial charge is 0.452 e. The van der Waals surface area contributed by atoms with Crippen molar-refractivity contribution < 1.29 is 18.9 Å². The monoisotopic (exact) mass is 393 g/mol. The molecule has 132 valence electrons. The van der Waals surface area contributed by atoms with E-state index < -0.39 is 10.9 Å². The van der Waals surface area contributed by atoms with Gasteiger partial charge in [-0.3, -0.25) is 10.1 Å². The Morgan fingerprint density at radius 1 is 1.15 bits per heavy atom. The normalized spacial score (nSPS) is 10.5. The first-order chi connectivity index (χ1) is 12.4. The van der Waals surface area contributed by atoms with Crippen LogP contribution in [0.4, 0.5) is 5.69 Å². The first kappa shape index (κ1) is 17.8. The summed E-state index contributed by atoms with van der Waals surface area (Å²) in [6.07, 6.45) is 0. The fraction of sp³-hybridized carbons (Fsp3) is 0.0625. The lowest BCUT2D eigenvalue weighted by Gasteiger charge is -2.04. The van der Waals surface area contributed by atoms with E-state index in [-0.39, 0.29) is 34.7 Å². The molecule has 0 saturated heterocycles. The maximum Gasteiger partial charge on any atom is 0.340 e. The summed E-state index contributed by atoms with van der Waals surface area (Å²) in [5.41, 5.74) is 0.564. The van der Waals surface area contributed by atoms with Gasteiger partial charge in [0, 0.05) is 22.7 Å². The number of halogens is 2. The molecule has 0 amide bonds. The summed E-state index contributed by atoms with van der Waals surface area (Å²) in [5, 5.41) is 18.8. The summed E-state index contributed by atoms with van der Waals surface area (Å²) in [7, 11) is 0. The zero-order valence-corrected chi connectivity index (χ0v) is 14.4. The molecule has 0 aliphatic rings. The SMILES string of the molecule is O=C(OCc1nnc(-c2ccc([N+](=O)[O-])cc2)o1)c1cc(Cl)ccc1Cl. The number of esters is 1. The average Bonchev–Trinajstić information content (AvgIpc) is 3.11. The molecule has 0 N–H and O–H groups in total. The molecular formula is C16H9Cl2N3O5. The molecule has 8 nitrogen and oxygen atoms in total. The molecule has 0 bridgehead atoms. The number of nitro benzene ring substituents is 1. The van der Waals surface area contributed by atoms with Gasteiger partial charge in [-0.2, -0.15) is 0 Å². The van der Waals surface area contributed by atoms with Crippen molar-refractivity contribution in [2.75, 3.05) is 0 Å². The molecule has 2 aromatic carbocycles. The van der Waals surface area contributed by atoms with Gasteiger partial charge in [-0.25, -0.2) is 4.79 Å². The summed E-state index contributed by atoms with van der Waals surface area (Å²) in [6, 6.07) is 10.0. The van der Waals surface area contributed by atoms with Gasteiger partial charge in [-0.15, -0.1) is 10.2 Å². The molecule has 0 saturated carbocycles. The highest BCUT2D eigenvalue weighted by Gasteiger charge is 2.16. The van der Waals surface area contributed by atoms with Gasteiger partial charge < -0.3 is 9.15 Å². The molecule has 0 unspecified atom stereocenters. The number of non-ortho nitro benzene ring substituents is 1. The topological polar surface area (TPSA) is 108 Å². The molecule has 0 aliphatic heterocycles. The standard InChI is InChI=1S/C16H9Cl2N3O5/c17-10-3-6-13(18)12(7-10)16(22)25-8-14-19-20-15(26-14)9-1-4-11(5-2-9)21(23)24/h1-7H,8H2. The molecule has 0 fully saturated rings. The number of hydrogen-bond acceptors (Lipinski definition) is 7. The van der Waals surface area contributed by atoms with E-state index in [4.69, 9.17) is 32.4 Å². The number of carbonyl (C=O) groups excluding carboxylic acids is 1. The Labute approximate surface area is 156 Å². The smallest absolute Gasteiger partial charge is 0.340 e. The average molecular weight is 394 g/mol. The van der Waals surface area contributed by atoms with Gasteiger partial charge in [0.25, 0.3) is 11.6 Å². The number of hydrogen-bond donors (Lipinski definition) is 0. The number of rotatable bonds is 5. The molecule has 3 aromatic rings. The van der Waals surface area contributed by atoms with Crippen LogP contribution < -0.4 is 0 Å². The summed E-state index contributed by atoms with van der Waals surface area (Å²) >= 11 is 11.8. The van der Waals surface area contributed by atoms with Crippen molar-refractivity contribution in [3.8, 4) is 11.5 Å². The number of benzene rings is 2. The zero-order chi connectivity index (χ0) is 18.7. The van der Waals surface area contributed by atoms with Crippen LogP contribution in [0, 0.1) is 10.1 Å². The van der Waals surface area contributed by atoms with Gasteiger partial charge >= 0.3 is 5.97 Å². The van der Waals surface area contributed by atoms with Crippen LogP contribution in [0.25, 0.3) is 11.5 Å². The summed E-state index contributed by atoms with van der Waals surface area (Å²) in [5.74, 6) is -0.482. The number of ether oxygens (including phenoxy) is 1. The van der Waals surface area contributed by atoms with Gasteiger partial charge in [0.15, 0.2) is 6.61 Å². The first-order valence-corrected chi connectivity index (χ1v) is 7.89. The Kier molecular flexibility index (Phi) is 5.15. The molecular weight excluding hydrogens is 385 g/mol. The summed E-state index contributed by atoms with van der Waals surface area (Å²) < 4.78 is 10.5. The molecule has 0 radical (unpaired) electrons. The highest BCUT2D eigenvalue weighted by molar-refractivity contribution is 6.35. The second kappa shape index (κ2) is 7.51. The number of carbonyl (C=O) groups is 1. The maximum atomic E-state index is 12.1. The Morgan fingerprint density at radius 2 is 1.88 bits per heavy atom. The van der Waals surface area contributed by atoms with Crippen LogP contribution in [0.1, 0.15) is 16.2 Å². The number of aromatic nitrogens is 2. The van der Waals surface area contributed by atoms with Gasteiger partial charge in [0.2, 0.25) is 5.89 Å². The zero-order valence-electron chi connectivity index (χ0n) is 12.9. The summed E-state index contributed by atoms with van der Waals surface area (Å²) in [4.78, 5) is 22.2.